The quantitative estimate of drug-likeness (QED) is 0.679. The molecule has 1 N–H and O–H groups in total. The number of aliphatic carboxylic acids is 1. The van der Waals surface area contributed by atoms with Crippen molar-refractivity contribution in [3.63, 3.8) is 0 Å². The number of hydrogen-bond donors (Lipinski definition) is 1. The Labute approximate surface area is 174 Å². The predicted molar refractivity (Wildman–Crippen MR) is 110 cm³/mol. The maximum Gasteiger partial charge on any atom is 0.410 e. The number of rotatable bonds is 6. The van der Waals surface area contributed by atoms with Gasteiger partial charge in [0, 0.05) is 38.0 Å². The van der Waals surface area contributed by atoms with Crippen LogP contribution in [0.1, 0.15) is 22.7 Å². The van der Waals surface area contributed by atoms with Crippen molar-refractivity contribution in [2.45, 2.75) is 18.4 Å². The van der Waals surface area contributed by atoms with Crippen LogP contribution >= 0.6 is 0 Å². The Hall–Kier alpha value is -3.74. The van der Waals surface area contributed by atoms with Crippen molar-refractivity contribution >= 4 is 12.1 Å². The van der Waals surface area contributed by atoms with Gasteiger partial charge in [0.2, 0.25) is 0 Å². The van der Waals surface area contributed by atoms with Gasteiger partial charge in [-0.3, -0.25) is 14.9 Å². The molecule has 152 valence electrons. The summed E-state index contributed by atoms with van der Waals surface area (Å²) in [5.74, 6) is -1.21. The van der Waals surface area contributed by atoms with Crippen LogP contribution in [0, 0.1) is 0 Å². The molecule has 1 heterocycles. The maximum absolute atomic E-state index is 12.7. The topological polar surface area (TPSA) is 92.6 Å². The second-order valence-electron chi connectivity index (χ2n) is 7.17. The summed E-state index contributed by atoms with van der Waals surface area (Å²) in [7, 11) is 1.42. The van der Waals surface area contributed by atoms with Gasteiger partial charge >= 0.3 is 12.1 Å². The highest BCUT2D eigenvalue weighted by molar-refractivity contribution is 5.81. The number of likely N-dealkylation sites (N-methyl/N-ethyl adjacent to an activating group) is 1. The molecule has 30 heavy (non-hydrogen) atoms. The molecule has 7 heteroatoms. The van der Waals surface area contributed by atoms with Crippen LogP contribution in [0.25, 0.3) is 11.1 Å². The molecule has 0 radical (unpaired) electrons. The van der Waals surface area contributed by atoms with Crippen molar-refractivity contribution in [3.05, 3.63) is 83.9 Å². The van der Waals surface area contributed by atoms with Crippen LogP contribution in [0.5, 0.6) is 0 Å². The van der Waals surface area contributed by atoms with Crippen molar-refractivity contribution in [3.8, 4) is 11.1 Å². The summed E-state index contributed by atoms with van der Waals surface area (Å²) < 4.78 is 5.56. The Bertz CT molecular complexity index is 1030. The van der Waals surface area contributed by atoms with Crippen molar-refractivity contribution in [1.29, 1.82) is 0 Å². The predicted octanol–water partition coefficient (Wildman–Crippen LogP) is 3.35. The first-order chi connectivity index (χ1) is 14.6. The molecule has 1 aliphatic rings. The molecule has 0 aliphatic heterocycles. The summed E-state index contributed by atoms with van der Waals surface area (Å²) in [6.07, 6.45) is 3.84. The molecule has 0 saturated carbocycles. The van der Waals surface area contributed by atoms with E-state index in [-0.39, 0.29) is 18.9 Å². The van der Waals surface area contributed by atoms with Gasteiger partial charge in [0.15, 0.2) is 0 Å². The van der Waals surface area contributed by atoms with Crippen LogP contribution < -0.4 is 0 Å². The minimum atomic E-state index is -1.13. The molecule has 0 saturated heterocycles. The number of aromatic nitrogens is 2. The molecule has 3 aromatic rings. The first-order valence-electron chi connectivity index (χ1n) is 9.61. The third kappa shape index (κ3) is 3.74. The molecule has 4 rings (SSSR count). The van der Waals surface area contributed by atoms with Gasteiger partial charge in [0.1, 0.15) is 12.6 Å². The van der Waals surface area contributed by atoms with Gasteiger partial charge in [-0.05, 0) is 22.3 Å². The summed E-state index contributed by atoms with van der Waals surface area (Å²) in [5.41, 5.74) is 4.96. The zero-order valence-electron chi connectivity index (χ0n) is 16.4. The Kier molecular flexibility index (Phi) is 5.43. The van der Waals surface area contributed by atoms with E-state index in [1.54, 1.807) is 0 Å². The zero-order valence-corrected chi connectivity index (χ0v) is 16.4. The van der Waals surface area contributed by atoms with Gasteiger partial charge in [-0.1, -0.05) is 48.5 Å². The minimum Gasteiger partial charge on any atom is -0.480 e. The fourth-order valence-corrected chi connectivity index (χ4v) is 3.85. The highest BCUT2D eigenvalue weighted by Crippen LogP contribution is 2.44. The fourth-order valence-electron chi connectivity index (χ4n) is 3.85. The summed E-state index contributed by atoms with van der Waals surface area (Å²) in [4.78, 5) is 33.5. The lowest BCUT2D eigenvalue weighted by Gasteiger charge is -2.25. The van der Waals surface area contributed by atoms with Crippen LogP contribution in [0.3, 0.4) is 0 Å². The van der Waals surface area contributed by atoms with Crippen molar-refractivity contribution < 1.29 is 19.4 Å². The first kappa shape index (κ1) is 19.6. The number of carboxylic acid groups (broad SMARTS) is 1. The molecule has 0 fully saturated rings. The molecule has 7 nitrogen and oxygen atoms in total. The number of amides is 1. The smallest absolute Gasteiger partial charge is 0.410 e. The van der Waals surface area contributed by atoms with Crippen molar-refractivity contribution in [2.24, 2.45) is 0 Å². The highest BCUT2D eigenvalue weighted by atomic mass is 16.6. The van der Waals surface area contributed by atoms with Crippen molar-refractivity contribution in [2.75, 3.05) is 13.7 Å². The van der Waals surface area contributed by atoms with E-state index in [1.807, 2.05) is 36.4 Å². The average molecular weight is 403 g/mol. The molecule has 1 atom stereocenters. The largest absolute Gasteiger partial charge is 0.480 e. The van der Waals surface area contributed by atoms with Gasteiger partial charge in [-0.15, -0.1) is 0 Å². The second kappa shape index (κ2) is 8.32. The van der Waals surface area contributed by atoms with Crippen molar-refractivity contribution in [1.82, 2.24) is 14.9 Å². The first-order valence-corrected chi connectivity index (χ1v) is 9.61. The summed E-state index contributed by atoms with van der Waals surface area (Å²) in [5, 5.41) is 9.60. The van der Waals surface area contributed by atoms with Gasteiger partial charge in [-0.2, -0.15) is 0 Å². The Morgan fingerprint density at radius 1 is 1.07 bits per heavy atom. The molecule has 1 aromatic heterocycles. The third-order valence-electron chi connectivity index (χ3n) is 5.40. The van der Waals surface area contributed by atoms with E-state index in [0.717, 1.165) is 27.2 Å². The number of nitrogens with zero attached hydrogens (tertiary/aromatic N) is 3. The molecule has 0 spiro atoms. The summed E-state index contributed by atoms with van der Waals surface area (Å²) >= 11 is 0. The lowest BCUT2D eigenvalue weighted by molar-refractivity contribution is -0.142. The molecule has 0 bridgehead atoms. The number of carboxylic acids is 1. The monoisotopic (exact) mass is 403 g/mol. The van der Waals surface area contributed by atoms with E-state index in [0.29, 0.717) is 5.69 Å². The van der Waals surface area contributed by atoms with Gasteiger partial charge < -0.3 is 9.84 Å². The van der Waals surface area contributed by atoms with Crippen LogP contribution in [-0.2, 0) is 16.0 Å². The van der Waals surface area contributed by atoms with Gasteiger partial charge in [0.25, 0.3) is 0 Å². The van der Waals surface area contributed by atoms with Gasteiger partial charge in [-0.25, -0.2) is 9.59 Å². The lowest BCUT2D eigenvalue weighted by Crippen LogP contribution is -2.44. The van der Waals surface area contributed by atoms with Crippen LogP contribution in [-0.4, -0.2) is 51.7 Å². The number of hydrogen-bond acceptors (Lipinski definition) is 5. The molecule has 1 amide bonds. The molecular formula is C23H21N3O4. The molecule has 2 aromatic carbocycles. The Balaban J connectivity index is 1.48. The minimum absolute atomic E-state index is 0.0455. The van der Waals surface area contributed by atoms with E-state index in [1.165, 1.54) is 25.6 Å². The van der Waals surface area contributed by atoms with Crippen LogP contribution in [0.2, 0.25) is 0 Å². The number of fused-ring (bicyclic) bond motifs is 3. The summed E-state index contributed by atoms with van der Waals surface area (Å²) in [6.45, 7) is 0.134. The van der Waals surface area contributed by atoms with E-state index in [2.05, 4.69) is 22.1 Å². The lowest BCUT2D eigenvalue weighted by atomic mass is 9.98. The molecule has 0 unspecified atom stereocenters. The SMILES string of the molecule is CN(C(=O)OCC1c2ccccc2-c2ccccc21)[C@@H](Cc1cnccn1)C(=O)O. The number of benzene rings is 2. The second-order valence-corrected chi connectivity index (χ2v) is 7.17. The van der Waals surface area contributed by atoms with Crippen LogP contribution in [0.15, 0.2) is 67.1 Å². The Morgan fingerprint density at radius 3 is 2.27 bits per heavy atom. The standard InChI is InChI=1S/C23H21N3O4/c1-26(21(22(27)28)12-15-13-24-10-11-25-15)23(29)30-14-20-18-8-4-2-6-16(18)17-7-3-5-9-19(17)20/h2-11,13,20-21H,12,14H2,1H3,(H,27,28)/t21-/m0/s1. The van der Waals surface area contributed by atoms with E-state index >= 15 is 0 Å². The highest BCUT2D eigenvalue weighted by Gasteiger charge is 2.32. The number of carbonyl (C=O) groups is 2. The normalized spacial score (nSPS) is 13.2. The third-order valence-corrected chi connectivity index (χ3v) is 5.40. The number of carbonyl (C=O) groups excluding carboxylic acids is 1. The van der Waals surface area contributed by atoms with E-state index in [4.69, 9.17) is 4.74 Å². The maximum atomic E-state index is 12.7. The summed E-state index contributed by atoms with van der Waals surface area (Å²) in [6, 6.07) is 15.0. The number of ether oxygens (including phenoxy) is 1. The fraction of sp³-hybridized carbons (Fsp3) is 0.217. The zero-order chi connectivity index (χ0) is 21.1. The molecular weight excluding hydrogens is 382 g/mol. The van der Waals surface area contributed by atoms with Gasteiger partial charge in [0.05, 0.1) is 5.69 Å². The van der Waals surface area contributed by atoms with E-state index < -0.39 is 18.1 Å². The average Bonchev–Trinajstić information content (AvgIpc) is 3.09. The van der Waals surface area contributed by atoms with E-state index in [9.17, 15) is 14.7 Å². The molecule has 1 aliphatic carbocycles. The van der Waals surface area contributed by atoms with Crippen LogP contribution in [0.4, 0.5) is 4.79 Å². The Morgan fingerprint density at radius 2 is 1.70 bits per heavy atom.